The summed E-state index contributed by atoms with van der Waals surface area (Å²) in [5.41, 5.74) is 2.07. The average Bonchev–Trinajstić information content (AvgIpc) is 3.26. The van der Waals surface area contributed by atoms with Gasteiger partial charge < -0.3 is 10.1 Å². The number of amides is 1. The van der Waals surface area contributed by atoms with Crippen LogP contribution in [0.2, 0.25) is 0 Å². The molecule has 152 valence electrons. The summed E-state index contributed by atoms with van der Waals surface area (Å²) in [5.74, 6) is -0.594. The number of methoxy groups -OCH3 is 1. The second-order valence-electron chi connectivity index (χ2n) is 6.82. The second kappa shape index (κ2) is 8.51. The SMILES string of the molecule is COC(=O)CCCNC(=O)c1cc(-c2ccccc2)c(=O)n2ccc3ccsc3c12. The average molecular weight is 420 g/mol. The summed E-state index contributed by atoms with van der Waals surface area (Å²) in [6.07, 6.45) is 2.42. The highest BCUT2D eigenvalue weighted by Crippen LogP contribution is 2.29. The monoisotopic (exact) mass is 420 g/mol. The van der Waals surface area contributed by atoms with Crippen LogP contribution in [-0.2, 0) is 9.53 Å². The summed E-state index contributed by atoms with van der Waals surface area (Å²) in [6, 6.07) is 14.8. The number of ether oxygens (including phenoxy) is 1. The number of hydrogen-bond donors (Lipinski definition) is 1. The number of carbonyl (C=O) groups excluding carboxylic acids is 2. The summed E-state index contributed by atoms with van der Waals surface area (Å²) in [5, 5.41) is 5.79. The van der Waals surface area contributed by atoms with Crippen molar-refractivity contribution in [2.45, 2.75) is 12.8 Å². The molecule has 0 aliphatic carbocycles. The number of nitrogens with one attached hydrogen (secondary N) is 1. The van der Waals surface area contributed by atoms with Gasteiger partial charge >= 0.3 is 5.97 Å². The van der Waals surface area contributed by atoms with Crippen molar-refractivity contribution in [3.63, 3.8) is 0 Å². The first-order valence-electron chi connectivity index (χ1n) is 9.56. The molecule has 0 unspecified atom stereocenters. The number of carbonyl (C=O) groups is 2. The second-order valence-corrected chi connectivity index (χ2v) is 7.73. The minimum Gasteiger partial charge on any atom is -0.469 e. The molecular weight excluding hydrogens is 400 g/mol. The van der Waals surface area contributed by atoms with Gasteiger partial charge in [0.1, 0.15) is 0 Å². The van der Waals surface area contributed by atoms with Crippen LogP contribution in [-0.4, -0.2) is 29.9 Å². The lowest BCUT2D eigenvalue weighted by Crippen LogP contribution is -2.28. The van der Waals surface area contributed by atoms with Crippen LogP contribution in [0.3, 0.4) is 0 Å². The molecule has 0 bridgehead atoms. The quantitative estimate of drug-likeness (QED) is 0.380. The van der Waals surface area contributed by atoms with Crippen LogP contribution in [0.5, 0.6) is 0 Å². The van der Waals surface area contributed by atoms with E-state index in [4.69, 9.17) is 0 Å². The van der Waals surface area contributed by atoms with Crippen LogP contribution >= 0.6 is 11.3 Å². The van der Waals surface area contributed by atoms with Gasteiger partial charge in [-0.2, -0.15) is 0 Å². The van der Waals surface area contributed by atoms with Crippen molar-refractivity contribution in [1.82, 2.24) is 9.72 Å². The molecule has 1 amide bonds. The standard InChI is InChI=1S/C23H20N2O4S/c1-29-19(26)8-5-11-24-22(27)18-14-17(15-6-3-2-4-7-15)23(28)25-12-9-16-10-13-30-21(16)20(18)25/h2-4,6-7,9-10,12-14H,5,8,11H2,1H3,(H,24,27). The van der Waals surface area contributed by atoms with Crippen molar-refractivity contribution < 1.29 is 14.3 Å². The molecule has 0 saturated heterocycles. The summed E-state index contributed by atoms with van der Waals surface area (Å²) >= 11 is 1.49. The Balaban J connectivity index is 1.81. The maximum atomic E-state index is 13.2. The highest BCUT2D eigenvalue weighted by Gasteiger charge is 2.18. The lowest BCUT2D eigenvalue weighted by Gasteiger charge is -2.13. The number of esters is 1. The molecule has 4 aromatic rings. The third-order valence-electron chi connectivity index (χ3n) is 4.95. The molecule has 3 heterocycles. The predicted molar refractivity (Wildman–Crippen MR) is 118 cm³/mol. The van der Waals surface area contributed by atoms with Crippen LogP contribution < -0.4 is 10.9 Å². The van der Waals surface area contributed by atoms with E-state index in [9.17, 15) is 14.4 Å². The molecule has 0 aliphatic heterocycles. The summed E-state index contributed by atoms with van der Waals surface area (Å²) < 4.78 is 7.06. The molecule has 0 saturated carbocycles. The first kappa shape index (κ1) is 19.8. The zero-order valence-electron chi connectivity index (χ0n) is 16.4. The smallest absolute Gasteiger partial charge is 0.305 e. The van der Waals surface area contributed by atoms with Gasteiger partial charge in [-0.15, -0.1) is 11.3 Å². The summed E-state index contributed by atoms with van der Waals surface area (Å²) in [6.45, 7) is 0.334. The van der Waals surface area contributed by atoms with Gasteiger partial charge in [-0.25, -0.2) is 0 Å². The molecule has 7 heteroatoms. The topological polar surface area (TPSA) is 76.9 Å². The molecule has 0 fully saturated rings. The van der Waals surface area contributed by atoms with Crippen molar-refractivity contribution in [3.8, 4) is 11.1 Å². The Morgan fingerprint density at radius 1 is 1.13 bits per heavy atom. The number of thiophene rings is 1. The van der Waals surface area contributed by atoms with E-state index in [1.807, 2.05) is 47.8 Å². The van der Waals surface area contributed by atoms with Gasteiger partial charge in [-0.05, 0) is 40.9 Å². The van der Waals surface area contributed by atoms with E-state index in [2.05, 4.69) is 10.1 Å². The Morgan fingerprint density at radius 3 is 2.70 bits per heavy atom. The number of fused-ring (bicyclic) bond motifs is 3. The zero-order valence-corrected chi connectivity index (χ0v) is 17.2. The number of benzene rings is 1. The summed E-state index contributed by atoms with van der Waals surface area (Å²) in [7, 11) is 1.34. The maximum absolute atomic E-state index is 13.2. The molecule has 3 aromatic heterocycles. The Morgan fingerprint density at radius 2 is 1.93 bits per heavy atom. The Bertz CT molecular complexity index is 1290. The predicted octanol–water partition coefficient (Wildman–Crippen LogP) is 3.86. The Kier molecular flexibility index (Phi) is 5.63. The highest BCUT2D eigenvalue weighted by molar-refractivity contribution is 7.18. The van der Waals surface area contributed by atoms with Crippen LogP contribution in [0, 0.1) is 0 Å². The van der Waals surface area contributed by atoms with E-state index in [1.165, 1.54) is 18.4 Å². The van der Waals surface area contributed by atoms with Crippen LogP contribution in [0.25, 0.3) is 26.7 Å². The number of pyridine rings is 2. The van der Waals surface area contributed by atoms with E-state index in [0.717, 1.165) is 15.6 Å². The molecule has 0 radical (unpaired) electrons. The van der Waals surface area contributed by atoms with Gasteiger partial charge in [0.05, 0.1) is 22.9 Å². The van der Waals surface area contributed by atoms with Crippen molar-refractivity contribution >= 4 is 38.8 Å². The molecule has 0 spiro atoms. The number of rotatable bonds is 6. The van der Waals surface area contributed by atoms with E-state index < -0.39 is 0 Å². The molecule has 6 nitrogen and oxygen atoms in total. The zero-order chi connectivity index (χ0) is 21.1. The number of hydrogen-bond acceptors (Lipinski definition) is 5. The first-order valence-corrected chi connectivity index (χ1v) is 10.4. The van der Waals surface area contributed by atoms with E-state index in [0.29, 0.717) is 29.6 Å². The lowest BCUT2D eigenvalue weighted by molar-refractivity contribution is -0.140. The van der Waals surface area contributed by atoms with Gasteiger partial charge in [-0.1, -0.05) is 30.3 Å². The molecule has 30 heavy (non-hydrogen) atoms. The molecule has 4 rings (SSSR count). The minimum atomic E-state index is -0.312. The fourth-order valence-corrected chi connectivity index (χ4v) is 4.38. The fourth-order valence-electron chi connectivity index (χ4n) is 3.44. The Labute approximate surface area is 176 Å². The van der Waals surface area contributed by atoms with Gasteiger partial charge in [0.25, 0.3) is 11.5 Å². The van der Waals surface area contributed by atoms with E-state index >= 15 is 0 Å². The number of aromatic nitrogens is 1. The van der Waals surface area contributed by atoms with Crippen molar-refractivity contribution in [2.75, 3.05) is 13.7 Å². The van der Waals surface area contributed by atoms with Crippen LogP contribution in [0.1, 0.15) is 23.2 Å². The van der Waals surface area contributed by atoms with Gasteiger partial charge in [0.2, 0.25) is 0 Å². The maximum Gasteiger partial charge on any atom is 0.305 e. The van der Waals surface area contributed by atoms with E-state index in [1.54, 1.807) is 16.7 Å². The minimum absolute atomic E-state index is 0.172. The normalized spacial score (nSPS) is 11.0. The number of nitrogens with zero attached hydrogens (tertiary/aromatic N) is 1. The van der Waals surface area contributed by atoms with Crippen molar-refractivity contribution in [1.29, 1.82) is 0 Å². The van der Waals surface area contributed by atoms with Crippen LogP contribution in [0.15, 0.2) is 64.9 Å². The molecule has 0 atom stereocenters. The van der Waals surface area contributed by atoms with Gasteiger partial charge in [0.15, 0.2) is 0 Å². The summed E-state index contributed by atoms with van der Waals surface area (Å²) in [4.78, 5) is 37.6. The van der Waals surface area contributed by atoms with Gasteiger partial charge in [0, 0.05) is 24.7 Å². The Hall–Kier alpha value is -3.45. The molecule has 0 aliphatic rings. The van der Waals surface area contributed by atoms with Crippen molar-refractivity contribution in [3.05, 3.63) is 76.0 Å². The molecule has 1 aromatic carbocycles. The third kappa shape index (κ3) is 3.71. The van der Waals surface area contributed by atoms with E-state index in [-0.39, 0.29) is 23.9 Å². The third-order valence-corrected chi connectivity index (χ3v) is 5.89. The largest absolute Gasteiger partial charge is 0.469 e. The van der Waals surface area contributed by atoms with Crippen molar-refractivity contribution in [2.24, 2.45) is 0 Å². The molecule has 1 N–H and O–H groups in total. The lowest BCUT2D eigenvalue weighted by atomic mass is 10.0. The first-order chi connectivity index (χ1) is 14.6. The van der Waals surface area contributed by atoms with Gasteiger partial charge in [-0.3, -0.25) is 18.8 Å². The fraction of sp³-hybridized carbons (Fsp3) is 0.174. The molecular formula is C23H20N2O4S. The van der Waals surface area contributed by atoms with Crippen LogP contribution in [0.4, 0.5) is 0 Å². The highest BCUT2D eigenvalue weighted by atomic mass is 32.1.